The molecule has 3 aromatic heterocycles. The number of benzene rings is 3. The predicted molar refractivity (Wildman–Crippen MR) is 146 cm³/mol. The van der Waals surface area contributed by atoms with Crippen LogP contribution in [-0.2, 0) is 6.18 Å². The molecule has 0 unspecified atom stereocenters. The molecule has 208 valence electrons. The van der Waals surface area contributed by atoms with Gasteiger partial charge in [0.05, 0.1) is 34.8 Å². The standard InChI is InChI=1S/C29H17F3N6O4/c30-29(31,32)26-14-25(23-9-3-6-17-5-1-2-8-22(17)23)36-27-24(16-34-37(26)27)28(39)35-18-11-19(38(40)41)13-21(12-18)42-20-7-4-10-33-15-20/h1-16H,(H,35,39). The van der Waals surface area contributed by atoms with Crippen molar-refractivity contribution in [1.29, 1.82) is 0 Å². The maximum atomic E-state index is 14.2. The molecule has 0 saturated heterocycles. The Morgan fingerprint density at radius 2 is 1.76 bits per heavy atom. The summed E-state index contributed by atoms with van der Waals surface area (Å²) in [6.45, 7) is 0. The molecule has 0 aliphatic rings. The van der Waals surface area contributed by atoms with Crippen LogP contribution in [0.5, 0.6) is 11.5 Å². The number of ether oxygens (including phenoxy) is 1. The van der Waals surface area contributed by atoms with Crippen molar-refractivity contribution in [1.82, 2.24) is 19.6 Å². The second kappa shape index (κ2) is 10.3. The summed E-state index contributed by atoms with van der Waals surface area (Å²) < 4.78 is 48.7. The number of pyridine rings is 1. The summed E-state index contributed by atoms with van der Waals surface area (Å²) in [6, 6.07) is 20.0. The van der Waals surface area contributed by atoms with Crippen LogP contribution in [0.15, 0.2) is 97.5 Å². The van der Waals surface area contributed by atoms with E-state index in [2.05, 4.69) is 20.4 Å². The number of rotatable bonds is 6. The van der Waals surface area contributed by atoms with Crippen LogP contribution in [0.1, 0.15) is 16.1 Å². The Balaban J connectivity index is 1.43. The van der Waals surface area contributed by atoms with Gasteiger partial charge in [0.1, 0.15) is 17.1 Å². The number of halogens is 3. The van der Waals surface area contributed by atoms with E-state index in [1.165, 1.54) is 18.5 Å². The summed E-state index contributed by atoms with van der Waals surface area (Å²) in [5, 5.41) is 19.3. The SMILES string of the molecule is O=C(Nc1cc(Oc2cccnc2)cc([N+](=O)[O-])c1)c1cnn2c(C(F)(F)F)cc(-c3cccc4ccccc34)nc12. The zero-order chi connectivity index (χ0) is 29.4. The summed E-state index contributed by atoms with van der Waals surface area (Å²) in [7, 11) is 0. The fourth-order valence-electron chi connectivity index (χ4n) is 4.47. The fraction of sp³-hybridized carbons (Fsp3) is 0.0345. The Morgan fingerprint density at radius 3 is 2.52 bits per heavy atom. The van der Waals surface area contributed by atoms with Gasteiger partial charge in [0.25, 0.3) is 11.6 Å². The Kier molecular flexibility index (Phi) is 6.46. The molecule has 0 saturated carbocycles. The predicted octanol–water partition coefficient (Wildman–Crippen LogP) is 6.92. The Bertz CT molecular complexity index is 1990. The molecule has 13 heteroatoms. The third kappa shape index (κ3) is 5.06. The number of hydrogen-bond donors (Lipinski definition) is 1. The fourth-order valence-corrected chi connectivity index (χ4v) is 4.47. The van der Waals surface area contributed by atoms with Gasteiger partial charge in [0.2, 0.25) is 0 Å². The zero-order valence-electron chi connectivity index (χ0n) is 21.2. The molecule has 0 aliphatic heterocycles. The Labute approximate surface area is 234 Å². The molecule has 0 atom stereocenters. The first-order valence-electron chi connectivity index (χ1n) is 12.3. The van der Waals surface area contributed by atoms with E-state index in [4.69, 9.17) is 4.74 Å². The molecule has 0 radical (unpaired) electrons. The number of amides is 1. The highest BCUT2D eigenvalue weighted by atomic mass is 19.4. The molecule has 1 N–H and O–H groups in total. The number of nitro groups is 1. The van der Waals surface area contributed by atoms with Crippen molar-refractivity contribution in [2.24, 2.45) is 0 Å². The number of nitrogens with zero attached hydrogens (tertiary/aromatic N) is 5. The van der Waals surface area contributed by atoms with E-state index < -0.39 is 22.7 Å². The van der Waals surface area contributed by atoms with Crippen molar-refractivity contribution in [3.05, 3.63) is 119 Å². The monoisotopic (exact) mass is 570 g/mol. The van der Waals surface area contributed by atoms with Crippen LogP contribution in [-0.4, -0.2) is 30.4 Å². The number of fused-ring (bicyclic) bond motifs is 2. The number of nitro benzene ring substituents is 1. The van der Waals surface area contributed by atoms with Crippen LogP contribution < -0.4 is 10.1 Å². The minimum absolute atomic E-state index is 0.0105. The molecular formula is C29H17F3N6O4. The van der Waals surface area contributed by atoms with E-state index in [0.717, 1.165) is 29.8 Å². The normalized spacial score (nSPS) is 11.5. The maximum absolute atomic E-state index is 14.2. The molecule has 0 spiro atoms. The van der Waals surface area contributed by atoms with Gasteiger partial charge in [0.15, 0.2) is 11.3 Å². The highest BCUT2D eigenvalue weighted by molar-refractivity contribution is 6.08. The highest BCUT2D eigenvalue weighted by Crippen LogP contribution is 2.35. The van der Waals surface area contributed by atoms with E-state index in [9.17, 15) is 28.1 Å². The number of hydrogen-bond acceptors (Lipinski definition) is 7. The van der Waals surface area contributed by atoms with Gasteiger partial charge in [-0.2, -0.15) is 18.3 Å². The number of non-ortho nitro benzene ring substituents is 1. The van der Waals surface area contributed by atoms with Crippen molar-refractivity contribution < 1.29 is 27.6 Å². The second-order valence-electron chi connectivity index (χ2n) is 9.06. The molecule has 6 rings (SSSR count). The van der Waals surface area contributed by atoms with Gasteiger partial charge in [-0.25, -0.2) is 9.50 Å². The molecular weight excluding hydrogens is 553 g/mol. The van der Waals surface area contributed by atoms with Crippen LogP contribution in [0.4, 0.5) is 24.5 Å². The van der Waals surface area contributed by atoms with E-state index >= 15 is 0 Å². The van der Waals surface area contributed by atoms with Crippen LogP contribution in [0, 0.1) is 10.1 Å². The largest absolute Gasteiger partial charge is 0.455 e. The minimum atomic E-state index is -4.82. The topological polar surface area (TPSA) is 125 Å². The molecule has 10 nitrogen and oxygen atoms in total. The third-order valence-corrected chi connectivity index (χ3v) is 6.30. The van der Waals surface area contributed by atoms with Gasteiger partial charge in [-0.15, -0.1) is 0 Å². The first kappa shape index (κ1) is 26.4. The van der Waals surface area contributed by atoms with Crippen molar-refractivity contribution in [3.63, 3.8) is 0 Å². The highest BCUT2D eigenvalue weighted by Gasteiger charge is 2.36. The van der Waals surface area contributed by atoms with Crippen LogP contribution in [0.2, 0.25) is 0 Å². The van der Waals surface area contributed by atoms with Gasteiger partial charge in [-0.05, 0) is 29.0 Å². The van der Waals surface area contributed by atoms with Gasteiger partial charge in [0, 0.05) is 23.9 Å². The lowest BCUT2D eigenvalue weighted by Crippen LogP contribution is -2.16. The van der Waals surface area contributed by atoms with Crippen LogP contribution in [0.3, 0.4) is 0 Å². The first-order valence-corrected chi connectivity index (χ1v) is 12.3. The molecule has 3 aromatic carbocycles. The van der Waals surface area contributed by atoms with Gasteiger partial charge >= 0.3 is 6.18 Å². The second-order valence-corrected chi connectivity index (χ2v) is 9.06. The zero-order valence-corrected chi connectivity index (χ0v) is 21.2. The van der Waals surface area contributed by atoms with Crippen molar-refractivity contribution in [2.75, 3.05) is 5.32 Å². The summed E-state index contributed by atoms with van der Waals surface area (Å²) in [6.07, 6.45) is -0.942. The van der Waals surface area contributed by atoms with E-state index in [1.807, 2.05) is 18.2 Å². The average molecular weight is 570 g/mol. The molecule has 1 amide bonds. The van der Waals surface area contributed by atoms with Crippen molar-refractivity contribution >= 4 is 33.7 Å². The first-order chi connectivity index (χ1) is 20.2. The Morgan fingerprint density at radius 1 is 0.952 bits per heavy atom. The maximum Gasteiger partial charge on any atom is 0.433 e. The molecule has 42 heavy (non-hydrogen) atoms. The molecule has 6 aromatic rings. The lowest BCUT2D eigenvalue weighted by Gasteiger charge is -2.13. The lowest BCUT2D eigenvalue weighted by atomic mass is 10.0. The number of carbonyl (C=O) groups is 1. The van der Waals surface area contributed by atoms with E-state index in [0.29, 0.717) is 21.2 Å². The lowest BCUT2D eigenvalue weighted by molar-refractivity contribution is -0.384. The number of anilines is 1. The average Bonchev–Trinajstić information content (AvgIpc) is 3.40. The van der Waals surface area contributed by atoms with E-state index in [-0.39, 0.29) is 34.0 Å². The molecule has 0 fully saturated rings. The van der Waals surface area contributed by atoms with Crippen molar-refractivity contribution in [3.8, 4) is 22.8 Å². The van der Waals surface area contributed by atoms with Crippen LogP contribution in [0.25, 0.3) is 27.7 Å². The Hall–Kier alpha value is -5.85. The minimum Gasteiger partial charge on any atom is -0.455 e. The summed E-state index contributed by atoms with van der Waals surface area (Å²) >= 11 is 0. The third-order valence-electron chi connectivity index (χ3n) is 6.30. The van der Waals surface area contributed by atoms with Crippen LogP contribution >= 0.6 is 0 Å². The van der Waals surface area contributed by atoms with Gasteiger partial charge in [-0.1, -0.05) is 42.5 Å². The molecule has 0 aliphatic carbocycles. The molecule has 3 heterocycles. The van der Waals surface area contributed by atoms with Crippen molar-refractivity contribution in [2.45, 2.75) is 6.18 Å². The number of carbonyl (C=O) groups excluding carboxylic acids is 1. The van der Waals surface area contributed by atoms with Gasteiger partial charge in [-0.3, -0.25) is 19.9 Å². The quantitative estimate of drug-likeness (QED) is 0.170. The van der Waals surface area contributed by atoms with Gasteiger partial charge < -0.3 is 10.1 Å². The summed E-state index contributed by atoms with van der Waals surface area (Å²) in [5.41, 5.74) is -1.74. The van der Waals surface area contributed by atoms with E-state index in [1.54, 1.807) is 36.4 Å². The summed E-state index contributed by atoms with van der Waals surface area (Å²) in [4.78, 5) is 32.6. The number of nitrogens with one attached hydrogen (secondary N) is 1. The molecule has 0 bridgehead atoms. The summed E-state index contributed by atoms with van der Waals surface area (Å²) in [5.74, 6) is -0.556. The number of alkyl halides is 3. The number of aromatic nitrogens is 4. The smallest absolute Gasteiger partial charge is 0.433 e.